The molecule has 8 heteroatoms. The van der Waals surface area contributed by atoms with Crippen molar-refractivity contribution in [2.45, 2.75) is 103 Å². The Morgan fingerprint density at radius 1 is 1.02 bits per heavy atom. The number of nitrogens with zero attached hydrogens (tertiary/aromatic N) is 3. The normalized spacial score (nSPS) is 24.0. The van der Waals surface area contributed by atoms with Gasteiger partial charge >= 0.3 is 0 Å². The Labute approximate surface area is 259 Å². The Balaban J connectivity index is 1.28. The minimum Gasteiger partial charge on any atom is -0.494 e. The van der Waals surface area contributed by atoms with E-state index in [-0.39, 0.29) is 39.7 Å². The Morgan fingerprint density at radius 2 is 1.68 bits per heavy atom. The molecule has 7 nitrogen and oxygen atoms in total. The average Bonchev–Trinajstić information content (AvgIpc) is 3.55. The molecule has 0 atom stereocenters. The molecular formula is C36H44FN3O4. The smallest absolute Gasteiger partial charge is 0.232 e. The number of ether oxygens (including phenoxy) is 1. The highest BCUT2D eigenvalue weighted by molar-refractivity contribution is 5.97. The fraction of sp³-hybridized carbons (Fsp3) is 0.556. The number of hydrogen-bond acceptors (Lipinski definition) is 6. The van der Waals surface area contributed by atoms with Crippen molar-refractivity contribution in [3.8, 4) is 16.9 Å². The highest BCUT2D eigenvalue weighted by Crippen LogP contribution is 2.58. The maximum atomic E-state index is 15.3. The zero-order valence-electron chi connectivity index (χ0n) is 26.5. The van der Waals surface area contributed by atoms with Crippen LogP contribution in [0.1, 0.15) is 104 Å². The van der Waals surface area contributed by atoms with E-state index in [1.807, 2.05) is 42.2 Å². The molecule has 1 amide bonds. The minimum absolute atomic E-state index is 0.0392. The molecular weight excluding hydrogens is 557 g/mol. The van der Waals surface area contributed by atoms with Crippen molar-refractivity contribution in [1.82, 2.24) is 10.1 Å². The van der Waals surface area contributed by atoms with Crippen LogP contribution in [0.2, 0.25) is 0 Å². The molecule has 4 fully saturated rings. The molecule has 2 aromatic carbocycles. The topological polar surface area (TPSA) is 85.5 Å². The lowest BCUT2D eigenvalue weighted by molar-refractivity contribution is -0.127. The van der Waals surface area contributed by atoms with E-state index in [4.69, 9.17) is 14.2 Å². The van der Waals surface area contributed by atoms with Gasteiger partial charge in [-0.2, -0.15) is 4.98 Å². The summed E-state index contributed by atoms with van der Waals surface area (Å²) in [7, 11) is 0. The lowest BCUT2D eigenvalue weighted by Gasteiger charge is -2.53. The summed E-state index contributed by atoms with van der Waals surface area (Å²) in [5.41, 5.74) is 1.58. The van der Waals surface area contributed by atoms with Gasteiger partial charge in [0.05, 0.1) is 6.61 Å². The number of amides is 1. The summed E-state index contributed by atoms with van der Waals surface area (Å²) in [6, 6.07) is 12.4. The van der Waals surface area contributed by atoms with E-state index in [1.54, 1.807) is 6.07 Å². The molecule has 44 heavy (non-hydrogen) atoms. The largest absolute Gasteiger partial charge is 0.494 e. The van der Waals surface area contributed by atoms with Crippen molar-refractivity contribution in [2.24, 2.45) is 11.3 Å². The maximum absolute atomic E-state index is 15.3. The highest BCUT2D eigenvalue weighted by atomic mass is 19.1. The SMILES string of the molecule is CCOc1ccc(-c2cc(N(CC34CCC(c5nc(C(C)(C)C)no5)(CC3)CC4)C(=O)C3CCC(=O)CC3)ccc2F)cc1. The third kappa shape index (κ3) is 5.92. The van der Waals surface area contributed by atoms with Gasteiger partial charge in [0.15, 0.2) is 5.82 Å². The van der Waals surface area contributed by atoms with Crippen LogP contribution >= 0.6 is 0 Å². The minimum atomic E-state index is -0.332. The monoisotopic (exact) mass is 601 g/mol. The third-order valence-corrected chi connectivity index (χ3v) is 10.3. The second kappa shape index (κ2) is 11.8. The van der Waals surface area contributed by atoms with Crippen LogP contribution in [-0.4, -0.2) is 35.0 Å². The van der Waals surface area contributed by atoms with Crippen molar-refractivity contribution in [3.05, 3.63) is 60.0 Å². The highest BCUT2D eigenvalue weighted by Gasteiger charge is 2.53. The molecule has 1 heterocycles. The molecule has 1 aromatic heterocycles. The van der Waals surface area contributed by atoms with Gasteiger partial charge in [-0.3, -0.25) is 9.59 Å². The number of fused-ring (bicyclic) bond motifs is 3. The molecule has 0 N–H and O–H groups in total. The third-order valence-electron chi connectivity index (χ3n) is 10.3. The van der Waals surface area contributed by atoms with E-state index in [0.29, 0.717) is 50.1 Å². The molecule has 0 saturated heterocycles. The Hall–Kier alpha value is -3.55. The summed E-state index contributed by atoms with van der Waals surface area (Å²) in [4.78, 5) is 33.0. The molecule has 2 bridgehead atoms. The van der Waals surface area contributed by atoms with Crippen LogP contribution in [0.5, 0.6) is 5.75 Å². The van der Waals surface area contributed by atoms with Gasteiger partial charge in [-0.1, -0.05) is 38.1 Å². The number of anilines is 1. The maximum Gasteiger partial charge on any atom is 0.232 e. The van der Waals surface area contributed by atoms with Crippen molar-refractivity contribution in [2.75, 3.05) is 18.1 Å². The van der Waals surface area contributed by atoms with E-state index in [1.165, 1.54) is 6.07 Å². The second-order valence-corrected chi connectivity index (χ2v) is 14.3. The Kier molecular flexibility index (Phi) is 8.14. The first kappa shape index (κ1) is 30.5. The Morgan fingerprint density at radius 3 is 2.27 bits per heavy atom. The van der Waals surface area contributed by atoms with E-state index in [2.05, 4.69) is 25.9 Å². The van der Waals surface area contributed by atoms with Crippen LogP contribution in [0.3, 0.4) is 0 Å². The van der Waals surface area contributed by atoms with Crippen LogP contribution in [0, 0.1) is 17.2 Å². The number of Topliss-reactive ketones (excluding diaryl/α,β-unsaturated/α-hetero) is 1. The van der Waals surface area contributed by atoms with Gasteiger partial charge in [0.25, 0.3) is 0 Å². The van der Waals surface area contributed by atoms with Gasteiger partial charge in [-0.25, -0.2) is 4.39 Å². The summed E-state index contributed by atoms with van der Waals surface area (Å²) in [6.45, 7) is 9.35. The predicted octanol–water partition coefficient (Wildman–Crippen LogP) is 7.96. The molecule has 0 spiro atoms. The lowest BCUT2D eigenvalue weighted by Crippen LogP contribution is -2.52. The fourth-order valence-corrected chi connectivity index (χ4v) is 7.40. The molecule has 7 rings (SSSR count). The molecule has 3 aromatic rings. The number of rotatable bonds is 8. The van der Waals surface area contributed by atoms with Crippen LogP contribution in [0.4, 0.5) is 10.1 Å². The quantitative estimate of drug-likeness (QED) is 0.260. The van der Waals surface area contributed by atoms with Crippen molar-refractivity contribution < 1.29 is 23.2 Å². The summed E-state index contributed by atoms with van der Waals surface area (Å²) in [5, 5.41) is 4.31. The van der Waals surface area contributed by atoms with E-state index < -0.39 is 0 Å². The van der Waals surface area contributed by atoms with Crippen molar-refractivity contribution >= 4 is 17.4 Å². The van der Waals surface area contributed by atoms with E-state index in [9.17, 15) is 9.59 Å². The molecule has 4 aliphatic carbocycles. The zero-order valence-corrected chi connectivity index (χ0v) is 26.5. The summed E-state index contributed by atoms with van der Waals surface area (Å²) in [6.07, 6.45) is 7.74. The number of carbonyl (C=O) groups excluding carboxylic acids is 2. The molecule has 4 saturated carbocycles. The van der Waals surface area contributed by atoms with Gasteiger partial charge in [-0.15, -0.1) is 0 Å². The molecule has 4 aliphatic rings. The molecule has 0 unspecified atom stereocenters. The van der Waals surface area contributed by atoms with Crippen molar-refractivity contribution in [3.63, 3.8) is 0 Å². The number of hydrogen-bond donors (Lipinski definition) is 0. The van der Waals surface area contributed by atoms with Crippen LogP contribution < -0.4 is 9.64 Å². The Bertz CT molecular complexity index is 1490. The van der Waals surface area contributed by atoms with Gasteiger partial charge in [0, 0.05) is 47.4 Å². The number of carbonyl (C=O) groups is 2. The predicted molar refractivity (Wildman–Crippen MR) is 167 cm³/mol. The number of halogens is 1. The zero-order chi connectivity index (χ0) is 31.1. The van der Waals surface area contributed by atoms with Crippen molar-refractivity contribution in [1.29, 1.82) is 0 Å². The first-order valence-corrected chi connectivity index (χ1v) is 16.2. The van der Waals surface area contributed by atoms with Gasteiger partial charge in [0.2, 0.25) is 11.8 Å². The molecule has 234 valence electrons. The van der Waals surface area contributed by atoms with Crippen LogP contribution in [-0.2, 0) is 20.4 Å². The first-order chi connectivity index (χ1) is 21.0. The van der Waals surface area contributed by atoms with Gasteiger partial charge in [-0.05, 0) is 99.6 Å². The fourth-order valence-electron chi connectivity index (χ4n) is 7.40. The number of ketones is 1. The molecule has 0 aliphatic heterocycles. The van der Waals surface area contributed by atoms with E-state index in [0.717, 1.165) is 61.6 Å². The number of benzene rings is 2. The van der Waals surface area contributed by atoms with E-state index >= 15 is 4.39 Å². The lowest BCUT2D eigenvalue weighted by atomic mass is 9.53. The average molecular weight is 602 g/mol. The number of aromatic nitrogens is 2. The first-order valence-electron chi connectivity index (χ1n) is 16.2. The summed E-state index contributed by atoms with van der Waals surface area (Å²) < 4.78 is 26.7. The van der Waals surface area contributed by atoms with Gasteiger partial charge < -0.3 is 14.2 Å². The van der Waals surface area contributed by atoms with Crippen LogP contribution in [0.15, 0.2) is 47.0 Å². The summed E-state index contributed by atoms with van der Waals surface area (Å²) in [5.74, 6) is 1.97. The second-order valence-electron chi connectivity index (χ2n) is 14.3. The van der Waals surface area contributed by atoms with Crippen LogP contribution in [0.25, 0.3) is 11.1 Å². The molecule has 0 radical (unpaired) electrons. The van der Waals surface area contributed by atoms with Gasteiger partial charge in [0.1, 0.15) is 17.3 Å². The standard InChI is InChI=1S/C36H44FN3O4/c1-5-43-28-13-8-24(9-14-28)29-22-26(10-15-30(29)37)40(31(42)25-6-11-27(41)12-7-25)23-35-16-19-36(20-17-35,21-18-35)33-38-32(39-44-33)34(2,3)4/h8-10,13-15,22,25H,5-7,11-12,16-21,23H2,1-4H3. The summed E-state index contributed by atoms with van der Waals surface area (Å²) >= 11 is 0.